The van der Waals surface area contributed by atoms with E-state index in [0.717, 1.165) is 0 Å². The Morgan fingerprint density at radius 2 is 1.94 bits per heavy atom. The molecule has 2 aromatic rings. The second-order valence-electron chi connectivity index (χ2n) is 3.46. The Labute approximate surface area is 97.0 Å². The van der Waals surface area contributed by atoms with Crippen molar-refractivity contribution in [3.05, 3.63) is 58.8 Å². The summed E-state index contributed by atoms with van der Waals surface area (Å²) in [6, 6.07) is 10.4. The van der Waals surface area contributed by atoms with Crippen LogP contribution in [0, 0.1) is 0 Å². The normalized spacial score (nSPS) is 10.1. The number of para-hydroxylation sites is 1. The third kappa shape index (κ3) is 2.39. The molecule has 1 N–H and O–H groups in total. The Morgan fingerprint density at radius 3 is 2.59 bits per heavy atom. The molecule has 2 rings (SSSR count). The Hall–Kier alpha value is -2.43. The van der Waals surface area contributed by atoms with E-state index in [1.54, 1.807) is 24.3 Å². The molecule has 0 unspecified atom stereocenters. The minimum atomic E-state index is -0.986. The van der Waals surface area contributed by atoms with E-state index in [1.807, 2.05) is 6.07 Å². The van der Waals surface area contributed by atoms with Crippen LogP contribution in [0.4, 0.5) is 0 Å². The molecule has 5 nitrogen and oxygen atoms in total. The minimum Gasteiger partial charge on any atom is -0.481 e. The molecular formula is C12H10N2O3. The SMILES string of the molecule is O=C(O)Cc1ccnc(=O)n1-c1ccccc1. The average Bonchev–Trinajstić information content (AvgIpc) is 2.29. The zero-order valence-corrected chi connectivity index (χ0v) is 8.91. The molecule has 0 aliphatic heterocycles. The highest BCUT2D eigenvalue weighted by atomic mass is 16.4. The van der Waals surface area contributed by atoms with Crippen LogP contribution in [0.1, 0.15) is 5.69 Å². The molecule has 5 heteroatoms. The van der Waals surface area contributed by atoms with Gasteiger partial charge in [-0.1, -0.05) is 18.2 Å². The van der Waals surface area contributed by atoms with Crippen LogP contribution in [-0.2, 0) is 11.2 Å². The van der Waals surface area contributed by atoms with Crippen LogP contribution in [-0.4, -0.2) is 20.6 Å². The molecular weight excluding hydrogens is 220 g/mol. The number of nitrogens with zero attached hydrogens (tertiary/aromatic N) is 2. The van der Waals surface area contributed by atoms with Crippen molar-refractivity contribution < 1.29 is 9.90 Å². The van der Waals surface area contributed by atoms with Gasteiger partial charge >= 0.3 is 11.7 Å². The van der Waals surface area contributed by atoms with Crippen molar-refractivity contribution in [3.63, 3.8) is 0 Å². The zero-order chi connectivity index (χ0) is 12.3. The molecule has 1 heterocycles. The molecule has 0 saturated carbocycles. The molecule has 0 aliphatic carbocycles. The van der Waals surface area contributed by atoms with Gasteiger partial charge in [0.15, 0.2) is 0 Å². The largest absolute Gasteiger partial charge is 0.481 e. The number of aliphatic carboxylic acids is 1. The highest BCUT2D eigenvalue weighted by Crippen LogP contribution is 2.07. The van der Waals surface area contributed by atoms with E-state index in [9.17, 15) is 9.59 Å². The number of carboxylic acid groups (broad SMARTS) is 1. The first-order valence-electron chi connectivity index (χ1n) is 5.02. The van der Waals surface area contributed by atoms with Gasteiger partial charge in [-0.2, -0.15) is 0 Å². The second-order valence-corrected chi connectivity index (χ2v) is 3.46. The summed E-state index contributed by atoms with van der Waals surface area (Å²) in [7, 11) is 0. The van der Waals surface area contributed by atoms with Gasteiger partial charge in [-0.05, 0) is 18.2 Å². The van der Waals surface area contributed by atoms with Crippen LogP contribution >= 0.6 is 0 Å². The third-order valence-corrected chi connectivity index (χ3v) is 2.28. The fourth-order valence-electron chi connectivity index (χ4n) is 1.59. The monoisotopic (exact) mass is 230 g/mol. The van der Waals surface area contributed by atoms with Crippen LogP contribution in [0.25, 0.3) is 5.69 Å². The molecule has 17 heavy (non-hydrogen) atoms. The first-order chi connectivity index (χ1) is 8.18. The average molecular weight is 230 g/mol. The summed E-state index contributed by atoms with van der Waals surface area (Å²) in [5, 5.41) is 8.79. The molecule has 0 aliphatic rings. The number of aromatic nitrogens is 2. The van der Waals surface area contributed by atoms with E-state index < -0.39 is 11.7 Å². The lowest BCUT2D eigenvalue weighted by Crippen LogP contribution is -2.25. The van der Waals surface area contributed by atoms with Crippen molar-refractivity contribution in [2.75, 3.05) is 0 Å². The molecule has 0 radical (unpaired) electrons. The highest BCUT2D eigenvalue weighted by molar-refractivity contribution is 5.69. The first-order valence-corrected chi connectivity index (χ1v) is 5.02. The Bertz CT molecular complexity index is 590. The van der Waals surface area contributed by atoms with Crippen molar-refractivity contribution in [3.8, 4) is 5.69 Å². The third-order valence-electron chi connectivity index (χ3n) is 2.28. The van der Waals surface area contributed by atoms with Crippen molar-refractivity contribution in [2.45, 2.75) is 6.42 Å². The van der Waals surface area contributed by atoms with E-state index >= 15 is 0 Å². The van der Waals surface area contributed by atoms with E-state index in [-0.39, 0.29) is 6.42 Å². The number of hydrogen-bond donors (Lipinski definition) is 1. The van der Waals surface area contributed by atoms with E-state index in [2.05, 4.69) is 4.98 Å². The summed E-state index contributed by atoms with van der Waals surface area (Å²) >= 11 is 0. The smallest absolute Gasteiger partial charge is 0.352 e. The van der Waals surface area contributed by atoms with Gasteiger partial charge in [0, 0.05) is 11.9 Å². The van der Waals surface area contributed by atoms with Crippen molar-refractivity contribution in [1.82, 2.24) is 9.55 Å². The summed E-state index contributed by atoms with van der Waals surface area (Å²) in [5.41, 5.74) is 0.542. The molecule has 1 aromatic heterocycles. The van der Waals surface area contributed by atoms with E-state index in [1.165, 1.54) is 16.8 Å². The Morgan fingerprint density at radius 1 is 1.24 bits per heavy atom. The van der Waals surface area contributed by atoms with Gasteiger partial charge in [0.2, 0.25) is 0 Å². The number of rotatable bonds is 3. The second kappa shape index (κ2) is 4.61. The Balaban J connectivity index is 2.59. The van der Waals surface area contributed by atoms with E-state index in [0.29, 0.717) is 11.4 Å². The number of hydrogen-bond acceptors (Lipinski definition) is 3. The molecule has 0 bridgehead atoms. The summed E-state index contributed by atoms with van der Waals surface area (Å²) in [5.74, 6) is -0.986. The topological polar surface area (TPSA) is 72.2 Å². The van der Waals surface area contributed by atoms with Crippen LogP contribution in [0.3, 0.4) is 0 Å². The van der Waals surface area contributed by atoms with Gasteiger partial charge < -0.3 is 5.11 Å². The fraction of sp³-hybridized carbons (Fsp3) is 0.0833. The molecule has 0 spiro atoms. The first kappa shape index (κ1) is 11.1. The van der Waals surface area contributed by atoms with Crippen LogP contribution in [0.15, 0.2) is 47.4 Å². The van der Waals surface area contributed by atoms with E-state index in [4.69, 9.17) is 5.11 Å². The maximum Gasteiger partial charge on any atom is 0.352 e. The lowest BCUT2D eigenvalue weighted by Gasteiger charge is -2.09. The minimum absolute atomic E-state index is 0.216. The van der Waals surface area contributed by atoms with Crippen molar-refractivity contribution in [1.29, 1.82) is 0 Å². The fourth-order valence-corrected chi connectivity index (χ4v) is 1.59. The number of carbonyl (C=O) groups is 1. The van der Waals surface area contributed by atoms with Gasteiger partial charge in [-0.25, -0.2) is 9.78 Å². The molecule has 0 saturated heterocycles. The Kier molecular flexibility index (Phi) is 3.00. The maximum absolute atomic E-state index is 11.7. The van der Waals surface area contributed by atoms with Crippen molar-refractivity contribution >= 4 is 5.97 Å². The molecule has 86 valence electrons. The van der Waals surface area contributed by atoms with Gasteiger partial charge in [0.1, 0.15) is 0 Å². The predicted octanol–water partition coefficient (Wildman–Crippen LogP) is 0.860. The molecule has 1 aromatic carbocycles. The summed E-state index contributed by atoms with van der Waals surface area (Å²) in [6.45, 7) is 0. The number of benzene rings is 1. The standard InChI is InChI=1S/C12H10N2O3/c15-11(16)8-10-6-7-13-12(17)14(10)9-4-2-1-3-5-9/h1-7H,8H2,(H,15,16). The van der Waals surface area contributed by atoms with Crippen LogP contribution < -0.4 is 5.69 Å². The molecule has 0 amide bonds. The summed E-state index contributed by atoms with van der Waals surface area (Å²) < 4.78 is 1.30. The predicted molar refractivity (Wildman–Crippen MR) is 61.2 cm³/mol. The quantitative estimate of drug-likeness (QED) is 0.848. The molecule has 0 fully saturated rings. The highest BCUT2D eigenvalue weighted by Gasteiger charge is 2.09. The van der Waals surface area contributed by atoms with Crippen LogP contribution in [0.5, 0.6) is 0 Å². The summed E-state index contributed by atoms with van der Waals surface area (Å²) in [6.07, 6.45) is 1.10. The molecule has 0 atom stereocenters. The number of carboxylic acids is 1. The van der Waals surface area contributed by atoms with Crippen LogP contribution in [0.2, 0.25) is 0 Å². The van der Waals surface area contributed by atoms with Gasteiger partial charge in [-0.3, -0.25) is 9.36 Å². The van der Waals surface area contributed by atoms with Crippen molar-refractivity contribution in [2.24, 2.45) is 0 Å². The van der Waals surface area contributed by atoms with Gasteiger partial charge in [0.05, 0.1) is 12.1 Å². The van der Waals surface area contributed by atoms with Gasteiger partial charge in [0.25, 0.3) is 0 Å². The van der Waals surface area contributed by atoms with Gasteiger partial charge in [-0.15, -0.1) is 0 Å². The lowest BCUT2D eigenvalue weighted by molar-refractivity contribution is -0.136. The maximum atomic E-state index is 11.7. The summed E-state index contributed by atoms with van der Waals surface area (Å²) in [4.78, 5) is 26.0. The zero-order valence-electron chi connectivity index (χ0n) is 8.91. The lowest BCUT2D eigenvalue weighted by atomic mass is 10.2.